The van der Waals surface area contributed by atoms with Crippen LogP contribution in [0.25, 0.3) is 0 Å². The first-order valence-corrected chi connectivity index (χ1v) is 10.2. The third-order valence-electron chi connectivity index (χ3n) is 7.08. The molecule has 2 aromatic carbocycles. The molecule has 3 nitrogen and oxygen atoms in total. The Hall–Kier alpha value is -2.36. The quantitative estimate of drug-likeness (QED) is 0.517. The maximum atomic E-state index is 13.9. The predicted molar refractivity (Wildman–Crippen MR) is 104 cm³/mol. The molecule has 0 heterocycles. The van der Waals surface area contributed by atoms with E-state index in [0.29, 0.717) is 5.56 Å². The molecule has 2 aromatic rings. The molecule has 0 unspecified atom stereocenters. The van der Waals surface area contributed by atoms with Gasteiger partial charge in [-0.05, 0) is 92.0 Å². The van der Waals surface area contributed by atoms with Crippen molar-refractivity contribution < 1.29 is 18.7 Å². The zero-order valence-corrected chi connectivity index (χ0v) is 16.1. The number of hydrogen-bond donors (Lipinski definition) is 0. The van der Waals surface area contributed by atoms with Gasteiger partial charge in [-0.3, -0.25) is 0 Å². The average molecular weight is 380 g/mol. The summed E-state index contributed by atoms with van der Waals surface area (Å²) in [6.45, 7) is 0. The predicted octanol–water partition coefficient (Wildman–Crippen LogP) is 5.52. The zero-order valence-electron chi connectivity index (χ0n) is 16.1. The lowest BCUT2D eigenvalue weighted by molar-refractivity contribution is -0.00618. The molecule has 146 valence electrons. The number of methoxy groups -OCH3 is 1. The van der Waals surface area contributed by atoms with Crippen molar-refractivity contribution >= 4 is 5.97 Å². The fourth-order valence-electron chi connectivity index (χ4n) is 6.38. The maximum absolute atomic E-state index is 13.9. The van der Waals surface area contributed by atoms with Crippen molar-refractivity contribution in [2.75, 3.05) is 7.11 Å². The summed E-state index contributed by atoms with van der Waals surface area (Å²) < 4.78 is 24.9. The van der Waals surface area contributed by atoms with Gasteiger partial charge in [0.2, 0.25) is 0 Å². The van der Waals surface area contributed by atoms with E-state index in [1.807, 2.05) is 12.1 Å². The van der Waals surface area contributed by atoms with Gasteiger partial charge in [-0.2, -0.15) is 0 Å². The summed E-state index contributed by atoms with van der Waals surface area (Å²) in [6.07, 6.45) is 7.62. The van der Waals surface area contributed by atoms with Crippen molar-refractivity contribution in [3.05, 3.63) is 59.4 Å². The van der Waals surface area contributed by atoms with Crippen LogP contribution in [-0.2, 0) is 5.41 Å². The standard InChI is InChI=1S/C24H25FO3/c1-27-21-7-6-18(23(26)28-22-5-3-2-4-20(22)25)11-19(21)24-12-15-8-16(13-24)10-17(9-15)14-24/h2-7,11,15-17H,8-10,12-14H2,1H3. The van der Waals surface area contributed by atoms with Gasteiger partial charge in [-0.25, -0.2) is 9.18 Å². The molecule has 0 aromatic heterocycles. The van der Waals surface area contributed by atoms with E-state index in [0.717, 1.165) is 29.1 Å². The highest BCUT2D eigenvalue weighted by atomic mass is 19.1. The first-order chi connectivity index (χ1) is 13.6. The van der Waals surface area contributed by atoms with E-state index in [1.54, 1.807) is 25.3 Å². The minimum absolute atomic E-state index is 0.0420. The minimum atomic E-state index is -0.536. The Kier molecular flexibility index (Phi) is 4.18. The smallest absolute Gasteiger partial charge is 0.343 e. The van der Waals surface area contributed by atoms with Gasteiger partial charge in [0.1, 0.15) is 5.75 Å². The number of para-hydroxylation sites is 1. The third-order valence-corrected chi connectivity index (χ3v) is 7.08. The van der Waals surface area contributed by atoms with Crippen molar-refractivity contribution in [2.24, 2.45) is 17.8 Å². The summed E-state index contributed by atoms with van der Waals surface area (Å²) in [5.74, 6) is 2.13. The number of benzene rings is 2. The molecule has 0 saturated heterocycles. The molecule has 4 saturated carbocycles. The molecule has 0 aliphatic heterocycles. The number of esters is 1. The van der Waals surface area contributed by atoms with E-state index in [4.69, 9.17) is 9.47 Å². The number of rotatable bonds is 4. The Balaban J connectivity index is 1.49. The lowest BCUT2D eigenvalue weighted by Crippen LogP contribution is -2.48. The summed E-state index contributed by atoms with van der Waals surface area (Å²) in [4.78, 5) is 12.7. The summed E-state index contributed by atoms with van der Waals surface area (Å²) in [6, 6.07) is 11.5. The van der Waals surface area contributed by atoms with Crippen LogP contribution in [0.15, 0.2) is 42.5 Å². The Morgan fingerprint density at radius 1 is 0.964 bits per heavy atom. The first-order valence-electron chi connectivity index (χ1n) is 10.2. The van der Waals surface area contributed by atoms with E-state index in [2.05, 4.69) is 0 Å². The second-order valence-electron chi connectivity index (χ2n) is 8.93. The fourth-order valence-corrected chi connectivity index (χ4v) is 6.38. The van der Waals surface area contributed by atoms with Crippen LogP contribution in [0.5, 0.6) is 11.5 Å². The first kappa shape index (κ1) is 17.7. The minimum Gasteiger partial charge on any atom is -0.496 e. The van der Waals surface area contributed by atoms with Crippen LogP contribution in [0, 0.1) is 23.6 Å². The van der Waals surface area contributed by atoms with Crippen LogP contribution in [0.4, 0.5) is 4.39 Å². The average Bonchev–Trinajstić information content (AvgIpc) is 2.68. The van der Waals surface area contributed by atoms with Crippen molar-refractivity contribution in [1.29, 1.82) is 0 Å². The van der Waals surface area contributed by atoms with Gasteiger partial charge in [0.05, 0.1) is 12.7 Å². The van der Waals surface area contributed by atoms with Crippen LogP contribution < -0.4 is 9.47 Å². The molecule has 4 aliphatic carbocycles. The van der Waals surface area contributed by atoms with Gasteiger partial charge in [0, 0.05) is 5.56 Å². The maximum Gasteiger partial charge on any atom is 0.343 e. The number of carbonyl (C=O) groups is 1. The molecule has 4 heteroatoms. The van der Waals surface area contributed by atoms with Crippen LogP contribution in [0.3, 0.4) is 0 Å². The van der Waals surface area contributed by atoms with E-state index in [1.165, 1.54) is 50.7 Å². The number of carbonyl (C=O) groups excluding carboxylic acids is 1. The van der Waals surface area contributed by atoms with Crippen LogP contribution in [-0.4, -0.2) is 13.1 Å². The topological polar surface area (TPSA) is 35.5 Å². The van der Waals surface area contributed by atoms with E-state index in [9.17, 15) is 9.18 Å². The highest BCUT2D eigenvalue weighted by molar-refractivity contribution is 5.91. The van der Waals surface area contributed by atoms with Gasteiger partial charge >= 0.3 is 5.97 Å². The lowest BCUT2D eigenvalue weighted by Gasteiger charge is -2.57. The second kappa shape index (κ2) is 6.61. The summed E-state index contributed by atoms with van der Waals surface area (Å²) in [5.41, 5.74) is 1.70. The molecule has 0 atom stereocenters. The van der Waals surface area contributed by atoms with Crippen molar-refractivity contribution in [3.8, 4) is 11.5 Å². The van der Waals surface area contributed by atoms with E-state index >= 15 is 0 Å². The fraction of sp³-hybridized carbons (Fsp3) is 0.458. The molecule has 0 amide bonds. The van der Waals surface area contributed by atoms with Crippen molar-refractivity contribution in [3.63, 3.8) is 0 Å². The van der Waals surface area contributed by atoms with Gasteiger partial charge in [-0.15, -0.1) is 0 Å². The Morgan fingerprint density at radius 2 is 1.61 bits per heavy atom. The lowest BCUT2D eigenvalue weighted by atomic mass is 9.48. The van der Waals surface area contributed by atoms with E-state index < -0.39 is 11.8 Å². The van der Waals surface area contributed by atoms with E-state index in [-0.39, 0.29) is 11.2 Å². The SMILES string of the molecule is COc1ccc(C(=O)Oc2ccccc2F)cc1C12CC3CC(CC(C3)C1)C2. The summed E-state index contributed by atoms with van der Waals surface area (Å²) in [7, 11) is 1.69. The highest BCUT2D eigenvalue weighted by Gasteiger charge is 2.52. The normalized spacial score (nSPS) is 30.3. The molecule has 4 bridgehead atoms. The van der Waals surface area contributed by atoms with Crippen LogP contribution >= 0.6 is 0 Å². The molecular formula is C24H25FO3. The Bertz CT molecular complexity index is 885. The van der Waals surface area contributed by atoms with Gasteiger partial charge in [0.15, 0.2) is 11.6 Å². The van der Waals surface area contributed by atoms with Crippen molar-refractivity contribution in [1.82, 2.24) is 0 Å². The van der Waals surface area contributed by atoms with Gasteiger partial charge in [-0.1, -0.05) is 12.1 Å². The largest absolute Gasteiger partial charge is 0.496 e. The molecule has 4 aliphatic rings. The molecule has 0 spiro atoms. The van der Waals surface area contributed by atoms with Crippen LogP contribution in [0.2, 0.25) is 0 Å². The number of ether oxygens (including phenoxy) is 2. The zero-order chi connectivity index (χ0) is 19.3. The van der Waals surface area contributed by atoms with Crippen molar-refractivity contribution in [2.45, 2.75) is 43.9 Å². The summed E-state index contributed by atoms with van der Waals surface area (Å²) >= 11 is 0. The molecule has 4 fully saturated rings. The number of hydrogen-bond acceptors (Lipinski definition) is 3. The van der Waals surface area contributed by atoms with Gasteiger partial charge < -0.3 is 9.47 Å². The Labute approximate surface area is 164 Å². The van der Waals surface area contributed by atoms with Gasteiger partial charge in [0.25, 0.3) is 0 Å². The van der Waals surface area contributed by atoms with Crippen LogP contribution in [0.1, 0.15) is 54.4 Å². The highest BCUT2D eigenvalue weighted by Crippen LogP contribution is 2.61. The molecule has 28 heavy (non-hydrogen) atoms. The monoisotopic (exact) mass is 380 g/mol. The third kappa shape index (κ3) is 2.90. The number of halogens is 1. The Morgan fingerprint density at radius 3 is 2.21 bits per heavy atom. The summed E-state index contributed by atoms with van der Waals surface area (Å²) in [5, 5.41) is 0. The molecule has 6 rings (SSSR count). The second-order valence-corrected chi connectivity index (χ2v) is 8.93. The molecular weight excluding hydrogens is 355 g/mol. The molecule has 0 radical (unpaired) electrons. The molecule has 0 N–H and O–H groups in total.